The molecule has 2 heterocycles. The van der Waals surface area contributed by atoms with Crippen molar-refractivity contribution in [2.24, 2.45) is 5.92 Å². The Morgan fingerprint density at radius 1 is 1.26 bits per heavy atom. The van der Waals surface area contributed by atoms with Crippen LogP contribution < -0.4 is 5.32 Å². The minimum atomic E-state index is -0.00396. The van der Waals surface area contributed by atoms with E-state index in [1.54, 1.807) is 0 Å². The number of carbonyl (C=O) groups excluding carboxylic acids is 1. The highest BCUT2D eigenvalue weighted by molar-refractivity contribution is 5.82. The monoisotopic (exact) mass is 268 g/mol. The average molecular weight is 268 g/mol. The molecule has 2 aliphatic heterocycles. The molecule has 0 radical (unpaired) electrons. The van der Waals surface area contributed by atoms with Gasteiger partial charge in [0.15, 0.2) is 0 Å². The van der Waals surface area contributed by atoms with E-state index in [9.17, 15) is 4.79 Å². The van der Waals surface area contributed by atoms with Crippen molar-refractivity contribution in [1.82, 2.24) is 10.2 Å². The summed E-state index contributed by atoms with van der Waals surface area (Å²) in [6.45, 7) is 4.77. The van der Waals surface area contributed by atoms with Crippen LogP contribution in [0.4, 0.5) is 0 Å². The van der Waals surface area contributed by atoms with Gasteiger partial charge in [0, 0.05) is 19.7 Å². The molecule has 0 spiro atoms. The quantitative estimate of drug-likeness (QED) is 0.848. The predicted molar refractivity (Wildman–Crippen MR) is 76.0 cm³/mol. The molecule has 3 unspecified atom stereocenters. The molecule has 1 N–H and O–H groups in total. The van der Waals surface area contributed by atoms with E-state index in [2.05, 4.69) is 12.2 Å². The number of carbonyl (C=O) groups is 1. The number of rotatable bonds is 3. The van der Waals surface area contributed by atoms with Gasteiger partial charge in [0.25, 0.3) is 0 Å². The molecule has 1 amide bonds. The van der Waals surface area contributed by atoms with Crippen LogP contribution in [0.5, 0.6) is 0 Å². The molecule has 0 saturated carbocycles. The number of hydrogen-bond acceptors (Lipinski definition) is 3. The van der Waals surface area contributed by atoms with E-state index < -0.39 is 0 Å². The zero-order chi connectivity index (χ0) is 13.7. The summed E-state index contributed by atoms with van der Waals surface area (Å²) in [5.41, 5.74) is 0. The molecule has 0 aromatic carbocycles. The maximum Gasteiger partial charge on any atom is 0.239 e. The number of ether oxygens (including phenoxy) is 1. The number of amides is 1. The molecular formula is C15H28N2O2. The Morgan fingerprint density at radius 3 is 2.89 bits per heavy atom. The number of likely N-dealkylation sites (N-methyl/N-ethyl adjacent to an activating group) is 1. The molecule has 3 atom stereocenters. The van der Waals surface area contributed by atoms with Gasteiger partial charge in [0.2, 0.25) is 5.91 Å². The summed E-state index contributed by atoms with van der Waals surface area (Å²) in [5.74, 6) is 0.854. The van der Waals surface area contributed by atoms with E-state index in [-0.39, 0.29) is 18.1 Å². The predicted octanol–water partition coefficient (Wildman–Crippen LogP) is 1.79. The Bertz CT molecular complexity index is 288. The normalized spacial score (nSPS) is 33.9. The molecule has 4 heteroatoms. The molecule has 110 valence electrons. The molecule has 4 nitrogen and oxygen atoms in total. The first-order chi connectivity index (χ1) is 9.20. The molecule has 2 rings (SSSR count). The molecule has 0 aliphatic carbocycles. The highest BCUT2D eigenvalue weighted by Gasteiger charge is 2.30. The van der Waals surface area contributed by atoms with E-state index in [0.29, 0.717) is 5.92 Å². The van der Waals surface area contributed by atoms with Crippen molar-refractivity contribution in [1.29, 1.82) is 0 Å². The van der Waals surface area contributed by atoms with Gasteiger partial charge in [0.05, 0.1) is 12.1 Å². The molecule has 2 saturated heterocycles. The van der Waals surface area contributed by atoms with Gasteiger partial charge < -0.3 is 15.0 Å². The minimum absolute atomic E-state index is 0.00396. The third-order valence-electron chi connectivity index (χ3n) is 4.39. The fraction of sp³-hybridized carbons (Fsp3) is 0.933. The SMILES string of the molecule is CNC1CCC(C)CN(CC2CCCCCO2)C1=O. The van der Waals surface area contributed by atoms with E-state index in [1.165, 1.54) is 19.3 Å². The fourth-order valence-corrected chi connectivity index (χ4v) is 3.16. The van der Waals surface area contributed by atoms with Gasteiger partial charge in [-0.3, -0.25) is 4.79 Å². The van der Waals surface area contributed by atoms with Crippen molar-refractivity contribution in [3.8, 4) is 0 Å². The lowest BCUT2D eigenvalue weighted by molar-refractivity contribution is -0.135. The standard InChI is InChI=1S/C15H28N2O2/c1-12-7-8-14(16-2)15(18)17(10-12)11-13-6-4-3-5-9-19-13/h12-14,16H,3-11H2,1-2H3. The first kappa shape index (κ1) is 14.8. The first-order valence-electron chi connectivity index (χ1n) is 7.78. The first-order valence-corrected chi connectivity index (χ1v) is 7.78. The second-order valence-electron chi connectivity index (χ2n) is 6.11. The van der Waals surface area contributed by atoms with Crippen LogP contribution in [0.15, 0.2) is 0 Å². The van der Waals surface area contributed by atoms with E-state index >= 15 is 0 Å². The summed E-state index contributed by atoms with van der Waals surface area (Å²) in [4.78, 5) is 14.5. The molecule has 0 aromatic heterocycles. The van der Waals surface area contributed by atoms with Crippen molar-refractivity contribution in [2.45, 2.75) is 57.6 Å². The van der Waals surface area contributed by atoms with Crippen molar-refractivity contribution in [3.05, 3.63) is 0 Å². The van der Waals surface area contributed by atoms with Gasteiger partial charge in [-0.05, 0) is 38.6 Å². The maximum absolute atomic E-state index is 12.5. The third kappa shape index (κ3) is 4.18. The van der Waals surface area contributed by atoms with Crippen molar-refractivity contribution in [2.75, 3.05) is 26.7 Å². The fourth-order valence-electron chi connectivity index (χ4n) is 3.16. The van der Waals surface area contributed by atoms with Crippen LogP contribution in [0.25, 0.3) is 0 Å². The molecule has 2 aliphatic rings. The lowest BCUT2D eigenvalue weighted by Gasteiger charge is -2.29. The van der Waals surface area contributed by atoms with E-state index in [4.69, 9.17) is 4.74 Å². The largest absolute Gasteiger partial charge is 0.376 e. The Labute approximate surface area is 116 Å². The number of nitrogens with one attached hydrogen (secondary N) is 1. The molecule has 0 aromatic rings. The number of nitrogens with zero attached hydrogens (tertiary/aromatic N) is 1. The topological polar surface area (TPSA) is 41.6 Å². The summed E-state index contributed by atoms with van der Waals surface area (Å²) in [5, 5.41) is 3.16. The van der Waals surface area contributed by atoms with Gasteiger partial charge in [-0.2, -0.15) is 0 Å². The van der Waals surface area contributed by atoms with Gasteiger partial charge in [-0.1, -0.05) is 19.8 Å². The molecule has 2 fully saturated rings. The Balaban J connectivity index is 1.96. The van der Waals surface area contributed by atoms with Crippen LogP contribution in [0.1, 0.15) is 45.4 Å². The number of hydrogen-bond donors (Lipinski definition) is 1. The van der Waals surface area contributed by atoms with Crippen molar-refractivity contribution in [3.63, 3.8) is 0 Å². The van der Waals surface area contributed by atoms with Crippen LogP contribution in [0.3, 0.4) is 0 Å². The van der Waals surface area contributed by atoms with E-state index in [1.807, 2.05) is 11.9 Å². The highest BCUT2D eigenvalue weighted by Crippen LogP contribution is 2.20. The summed E-state index contributed by atoms with van der Waals surface area (Å²) in [6, 6.07) is -0.00396. The van der Waals surface area contributed by atoms with Gasteiger partial charge in [-0.15, -0.1) is 0 Å². The van der Waals surface area contributed by atoms with Gasteiger partial charge in [-0.25, -0.2) is 0 Å². The molecule has 19 heavy (non-hydrogen) atoms. The lowest BCUT2D eigenvalue weighted by atomic mass is 10.0. The molecule has 0 bridgehead atoms. The van der Waals surface area contributed by atoms with Crippen LogP contribution in [0, 0.1) is 5.92 Å². The Morgan fingerprint density at radius 2 is 2.11 bits per heavy atom. The smallest absolute Gasteiger partial charge is 0.239 e. The summed E-state index contributed by atoms with van der Waals surface area (Å²) < 4.78 is 5.88. The number of likely N-dealkylation sites (tertiary alicyclic amines) is 1. The maximum atomic E-state index is 12.5. The zero-order valence-corrected chi connectivity index (χ0v) is 12.4. The average Bonchev–Trinajstić information content (AvgIpc) is 2.72. The lowest BCUT2D eigenvalue weighted by Crippen LogP contribution is -2.47. The summed E-state index contributed by atoms with van der Waals surface area (Å²) in [6.07, 6.45) is 7.09. The van der Waals surface area contributed by atoms with E-state index in [0.717, 1.165) is 39.0 Å². The highest BCUT2D eigenvalue weighted by atomic mass is 16.5. The summed E-state index contributed by atoms with van der Waals surface area (Å²) >= 11 is 0. The second-order valence-corrected chi connectivity index (χ2v) is 6.11. The van der Waals surface area contributed by atoms with Crippen LogP contribution in [-0.4, -0.2) is 49.7 Å². The van der Waals surface area contributed by atoms with Crippen molar-refractivity contribution >= 4 is 5.91 Å². The van der Waals surface area contributed by atoms with Crippen LogP contribution >= 0.6 is 0 Å². The van der Waals surface area contributed by atoms with Gasteiger partial charge >= 0.3 is 0 Å². The molecular weight excluding hydrogens is 240 g/mol. The minimum Gasteiger partial charge on any atom is -0.376 e. The Hall–Kier alpha value is -0.610. The second kappa shape index (κ2) is 7.25. The summed E-state index contributed by atoms with van der Waals surface area (Å²) in [7, 11) is 1.89. The Kier molecular flexibility index (Phi) is 5.64. The van der Waals surface area contributed by atoms with Crippen LogP contribution in [-0.2, 0) is 9.53 Å². The zero-order valence-electron chi connectivity index (χ0n) is 12.4. The van der Waals surface area contributed by atoms with Crippen LogP contribution in [0.2, 0.25) is 0 Å². The van der Waals surface area contributed by atoms with Gasteiger partial charge in [0.1, 0.15) is 0 Å². The third-order valence-corrected chi connectivity index (χ3v) is 4.39. The van der Waals surface area contributed by atoms with Crippen molar-refractivity contribution < 1.29 is 9.53 Å².